The Labute approximate surface area is 360 Å². The maximum Gasteiger partial charge on any atom is 0.164 e. The molecular weight excluding hydrogens is 757 g/mol. The van der Waals surface area contributed by atoms with Crippen molar-refractivity contribution in [3.05, 3.63) is 224 Å². The van der Waals surface area contributed by atoms with Gasteiger partial charge in [0.25, 0.3) is 0 Å². The Morgan fingerprint density at radius 2 is 0.661 bits per heavy atom. The highest BCUT2D eigenvalue weighted by molar-refractivity contribution is 5.91. The molecule has 0 N–H and O–H groups in total. The number of hydrogen-bond donors (Lipinski definition) is 0. The molecule has 0 saturated heterocycles. The topological polar surface area (TPSA) is 88.2 Å². The van der Waals surface area contributed by atoms with E-state index in [4.69, 9.17) is 24.9 Å². The highest BCUT2D eigenvalue weighted by Crippen LogP contribution is 2.39. The van der Waals surface area contributed by atoms with Crippen molar-refractivity contribution in [3.63, 3.8) is 0 Å². The van der Waals surface area contributed by atoms with Crippen LogP contribution in [0.3, 0.4) is 0 Å². The first-order chi connectivity index (χ1) is 30.7. The number of aromatic nitrogens is 5. The van der Waals surface area contributed by atoms with Gasteiger partial charge in [0.15, 0.2) is 23.3 Å². The van der Waals surface area contributed by atoms with Gasteiger partial charge < -0.3 is 0 Å². The molecule has 0 amide bonds. The van der Waals surface area contributed by atoms with Gasteiger partial charge in [-0.25, -0.2) is 24.9 Å². The van der Waals surface area contributed by atoms with Crippen molar-refractivity contribution < 1.29 is 0 Å². The van der Waals surface area contributed by atoms with Gasteiger partial charge in [0, 0.05) is 33.4 Å². The third-order valence-corrected chi connectivity index (χ3v) is 10.8. The molecule has 10 aromatic rings. The van der Waals surface area contributed by atoms with E-state index < -0.39 is 0 Å². The number of benzene rings is 8. The molecule has 290 valence electrons. The average molecular weight is 793 g/mol. The largest absolute Gasteiger partial charge is 0.228 e. The number of rotatable bonds is 9. The molecule has 0 radical (unpaired) electrons. The lowest BCUT2D eigenvalue weighted by molar-refractivity contribution is 1.07. The minimum absolute atomic E-state index is 0.553. The molecule has 0 fully saturated rings. The Bertz CT molecular complexity index is 3190. The minimum Gasteiger partial charge on any atom is -0.228 e. The maximum atomic E-state index is 9.57. The quantitative estimate of drug-likeness (QED) is 0.145. The van der Waals surface area contributed by atoms with Crippen LogP contribution in [-0.2, 0) is 0 Å². The van der Waals surface area contributed by atoms with Crippen LogP contribution < -0.4 is 0 Å². The van der Waals surface area contributed by atoms with E-state index in [0.717, 1.165) is 78.1 Å². The Hall–Kier alpha value is -8.66. The van der Waals surface area contributed by atoms with Crippen molar-refractivity contribution in [2.75, 3.05) is 0 Å². The average Bonchev–Trinajstić information content (AvgIpc) is 3.37. The Kier molecular flexibility index (Phi) is 10.3. The van der Waals surface area contributed by atoms with Crippen molar-refractivity contribution in [3.8, 4) is 108 Å². The minimum atomic E-state index is 0.553. The molecule has 0 bridgehead atoms. The van der Waals surface area contributed by atoms with Gasteiger partial charge in [0.2, 0.25) is 0 Å². The van der Waals surface area contributed by atoms with Crippen LogP contribution in [0.2, 0.25) is 0 Å². The molecule has 0 unspecified atom stereocenters. The second-order valence-corrected chi connectivity index (χ2v) is 14.8. The summed E-state index contributed by atoms with van der Waals surface area (Å²) in [6.07, 6.45) is 0. The van der Waals surface area contributed by atoms with Crippen molar-refractivity contribution in [2.24, 2.45) is 0 Å². The van der Waals surface area contributed by atoms with Gasteiger partial charge >= 0.3 is 0 Å². The molecule has 6 nitrogen and oxygen atoms in total. The van der Waals surface area contributed by atoms with Crippen molar-refractivity contribution in [1.29, 1.82) is 5.26 Å². The van der Waals surface area contributed by atoms with Crippen molar-refractivity contribution in [2.45, 2.75) is 0 Å². The predicted octanol–water partition coefficient (Wildman–Crippen LogP) is 13.5. The lowest BCUT2D eigenvalue weighted by Crippen LogP contribution is -2.01. The summed E-state index contributed by atoms with van der Waals surface area (Å²) in [7, 11) is 0. The first kappa shape index (κ1) is 37.6. The van der Waals surface area contributed by atoms with Crippen LogP contribution in [0.5, 0.6) is 0 Å². The van der Waals surface area contributed by atoms with Gasteiger partial charge in [-0.1, -0.05) is 188 Å². The Balaban J connectivity index is 1.09. The van der Waals surface area contributed by atoms with E-state index in [0.29, 0.717) is 28.9 Å². The zero-order chi connectivity index (χ0) is 41.7. The molecule has 2 heterocycles. The summed E-state index contributed by atoms with van der Waals surface area (Å²) in [5.74, 6) is 2.37. The standard InChI is InChI=1S/C56H36N6/c57-37-38-17-14-24-42(33-38)43-25-15-28-46(34-43)55-60-54(41-22-8-3-9-23-41)61-56(62-55)50-32-13-12-31-49(50)48-30-11-10-29-47(48)44-26-16-27-45(35-44)52-36-51(39-18-4-1-5-19-39)58-53(59-52)40-20-6-2-7-21-40/h1-36H. The van der Waals surface area contributed by atoms with Crippen LogP contribution in [0.15, 0.2) is 218 Å². The van der Waals surface area contributed by atoms with E-state index in [2.05, 4.69) is 97.1 Å². The summed E-state index contributed by atoms with van der Waals surface area (Å²) < 4.78 is 0. The van der Waals surface area contributed by atoms with E-state index in [-0.39, 0.29) is 0 Å². The van der Waals surface area contributed by atoms with Gasteiger partial charge in [-0.15, -0.1) is 0 Å². The Morgan fingerprint density at radius 1 is 0.258 bits per heavy atom. The molecule has 0 aliphatic carbocycles. The van der Waals surface area contributed by atoms with Crippen LogP contribution in [0.1, 0.15) is 5.56 Å². The molecule has 8 aromatic carbocycles. The van der Waals surface area contributed by atoms with Crippen LogP contribution in [0, 0.1) is 11.3 Å². The number of nitriles is 1. The van der Waals surface area contributed by atoms with E-state index in [1.54, 1.807) is 0 Å². The highest BCUT2D eigenvalue weighted by atomic mass is 15.0. The van der Waals surface area contributed by atoms with Gasteiger partial charge in [-0.05, 0) is 63.7 Å². The maximum absolute atomic E-state index is 9.57. The lowest BCUT2D eigenvalue weighted by atomic mass is 9.90. The zero-order valence-electron chi connectivity index (χ0n) is 33.5. The number of nitrogens with zero attached hydrogens (tertiary/aromatic N) is 6. The van der Waals surface area contributed by atoms with Gasteiger partial charge in [0.05, 0.1) is 23.0 Å². The smallest absolute Gasteiger partial charge is 0.164 e. The molecule has 0 atom stereocenters. The fourth-order valence-corrected chi connectivity index (χ4v) is 7.74. The summed E-state index contributed by atoms with van der Waals surface area (Å²) in [5, 5.41) is 9.57. The van der Waals surface area contributed by atoms with Crippen molar-refractivity contribution >= 4 is 0 Å². The normalized spacial score (nSPS) is 10.9. The molecule has 0 aliphatic heterocycles. The molecule has 0 spiro atoms. The van der Waals surface area contributed by atoms with Gasteiger partial charge in [-0.3, -0.25) is 0 Å². The lowest BCUT2D eigenvalue weighted by Gasteiger charge is -2.16. The first-order valence-electron chi connectivity index (χ1n) is 20.4. The molecular formula is C56H36N6. The first-order valence-corrected chi connectivity index (χ1v) is 20.4. The van der Waals surface area contributed by atoms with Gasteiger partial charge in [-0.2, -0.15) is 5.26 Å². The second kappa shape index (κ2) is 16.9. The Morgan fingerprint density at radius 3 is 1.31 bits per heavy atom. The van der Waals surface area contributed by atoms with Crippen LogP contribution in [0.25, 0.3) is 101 Å². The third kappa shape index (κ3) is 7.78. The summed E-state index contributed by atoms with van der Waals surface area (Å²) in [6, 6.07) is 75.8. The van der Waals surface area contributed by atoms with E-state index >= 15 is 0 Å². The molecule has 10 rings (SSSR count). The summed E-state index contributed by atoms with van der Waals surface area (Å²) in [5.41, 5.74) is 13.9. The van der Waals surface area contributed by atoms with Gasteiger partial charge in [0.1, 0.15) is 0 Å². The number of hydrogen-bond acceptors (Lipinski definition) is 6. The summed E-state index contributed by atoms with van der Waals surface area (Å²) in [4.78, 5) is 25.5. The summed E-state index contributed by atoms with van der Waals surface area (Å²) >= 11 is 0. The molecule has 62 heavy (non-hydrogen) atoms. The molecule has 0 aliphatic rings. The monoisotopic (exact) mass is 792 g/mol. The van der Waals surface area contributed by atoms with E-state index in [1.807, 2.05) is 127 Å². The SMILES string of the molecule is N#Cc1cccc(-c2cccc(-c3nc(-c4ccccc4)nc(-c4ccccc4-c4ccccc4-c4cccc(-c5cc(-c6ccccc6)nc(-c6ccccc6)n5)c4)n3)c2)c1. The predicted molar refractivity (Wildman–Crippen MR) is 249 cm³/mol. The van der Waals surface area contributed by atoms with E-state index in [1.165, 1.54) is 0 Å². The van der Waals surface area contributed by atoms with Crippen LogP contribution in [0.4, 0.5) is 0 Å². The van der Waals surface area contributed by atoms with E-state index in [9.17, 15) is 5.26 Å². The third-order valence-electron chi connectivity index (χ3n) is 10.8. The second-order valence-electron chi connectivity index (χ2n) is 14.8. The zero-order valence-corrected chi connectivity index (χ0v) is 33.5. The highest BCUT2D eigenvalue weighted by Gasteiger charge is 2.19. The van der Waals surface area contributed by atoms with Crippen LogP contribution >= 0.6 is 0 Å². The summed E-state index contributed by atoms with van der Waals surface area (Å²) in [6.45, 7) is 0. The molecule has 0 saturated carbocycles. The fourth-order valence-electron chi connectivity index (χ4n) is 7.74. The molecule has 2 aromatic heterocycles. The van der Waals surface area contributed by atoms with Crippen molar-refractivity contribution in [1.82, 2.24) is 24.9 Å². The molecule has 6 heteroatoms. The van der Waals surface area contributed by atoms with Crippen LogP contribution in [-0.4, -0.2) is 24.9 Å². The fraction of sp³-hybridized carbons (Fsp3) is 0.